The highest BCUT2D eigenvalue weighted by Crippen LogP contribution is 2.44. The molecule has 0 heterocycles. The number of ether oxygens (including phenoxy) is 1. The number of hydrogen-bond acceptors (Lipinski definition) is 5. The third kappa shape index (κ3) is 3.15. The first kappa shape index (κ1) is 17.9. The number of amides is 1. The van der Waals surface area contributed by atoms with Crippen molar-refractivity contribution in [2.45, 2.75) is 25.0 Å². The van der Waals surface area contributed by atoms with E-state index in [4.69, 9.17) is 4.74 Å². The summed E-state index contributed by atoms with van der Waals surface area (Å²) in [7, 11) is 1.27. The van der Waals surface area contributed by atoms with Crippen LogP contribution in [-0.2, 0) is 9.53 Å². The van der Waals surface area contributed by atoms with Crippen LogP contribution in [0, 0.1) is 0 Å². The van der Waals surface area contributed by atoms with E-state index in [0.717, 1.165) is 27.2 Å². The number of carbonyl (C=O) groups excluding carboxylic acids is 2. The van der Waals surface area contributed by atoms with Gasteiger partial charge in [-0.25, -0.2) is 4.79 Å². The number of carboxylic acids is 1. The molecule has 0 radical (unpaired) electrons. The summed E-state index contributed by atoms with van der Waals surface area (Å²) in [5.41, 5.74) is 4.34. The molecule has 2 atom stereocenters. The number of aliphatic hydroxyl groups is 1. The van der Waals surface area contributed by atoms with E-state index in [1.165, 1.54) is 14.0 Å². The van der Waals surface area contributed by atoms with Crippen LogP contribution in [0.4, 0.5) is 4.79 Å². The molecule has 1 amide bonds. The first-order valence-electron chi connectivity index (χ1n) is 8.38. The first-order valence-corrected chi connectivity index (χ1v) is 8.38. The first-order chi connectivity index (χ1) is 12.4. The van der Waals surface area contributed by atoms with Crippen molar-refractivity contribution in [2.75, 3.05) is 13.7 Å². The van der Waals surface area contributed by atoms with E-state index in [1.807, 2.05) is 48.5 Å². The number of aliphatic hydroxyl groups excluding tert-OH is 1. The number of benzene rings is 2. The van der Waals surface area contributed by atoms with Crippen molar-refractivity contribution >= 4 is 12.1 Å². The van der Waals surface area contributed by atoms with Crippen LogP contribution in [0.1, 0.15) is 24.0 Å². The lowest BCUT2D eigenvalue weighted by Crippen LogP contribution is -2.54. The summed E-state index contributed by atoms with van der Waals surface area (Å²) in [5, 5.41) is 20.7. The molecule has 0 unspecified atom stereocenters. The van der Waals surface area contributed by atoms with E-state index in [1.54, 1.807) is 0 Å². The Hall–Kier alpha value is -2.86. The van der Waals surface area contributed by atoms with Crippen molar-refractivity contribution in [3.8, 4) is 11.1 Å². The Bertz CT molecular complexity index is 787. The molecule has 1 aliphatic rings. The molecule has 0 bridgehead atoms. The fourth-order valence-corrected chi connectivity index (χ4v) is 3.49. The maximum Gasteiger partial charge on any atom is 0.410 e. The maximum atomic E-state index is 12.3. The molecule has 1 N–H and O–H groups in total. The molecule has 0 aliphatic heterocycles. The summed E-state index contributed by atoms with van der Waals surface area (Å²) in [6.07, 6.45) is -2.09. The van der Waals surface area contributed by atoms with Crippen LogP contribution in [-0.4, -0.2) is 47.9 Å². The Balaban J connectivity index is 1.78. The van der Waals surface area contributed by atoms with Crippen molar-refractivity contribution in [3.05, 3.63) is 59.7 Å². The van der Waals surface area contributed by atoms with Crippen LogP contribution in [0.25, 0.3) is 11.1 Å². The SMILES string of the molecule is C[C@@H](O)[C@@H](C(=O)[O-])N(C)C(=O)OCC1c2ccccc2-c2ccccc21. The molecule has 0 spiro atoms. The number of carboxylic acid groups (broad SMARTS) is 1. The normalized spacial score (nSPS) is 14.9. The fraction of sp³-hybridized carbons (Fsp3) is 0.300. The highest BCUT2D eigenvalue weighted by Gasteiger charge is 2.31. The molecule has 6 nitrogen and oxygen atoms in total. The number of aliphatic carboxylic acids is 1. The predicted molar refractivity (Wildman–Crippen MR) is 93.3 cm³/mol. The van der Waals surface area contributed by atoms with Crippen molar-refractivity contribution < 1.29 is 24.5 Å². The third-order valence-corrected chi connectivity index (χ3v) is 4.74. The number of hydrogen-bond donors (Lipinski definition) is 1. The van der Waals surface area contributed by atoms with Gasteiger partial charge in [0.15, 0.2) is 0 Å². The highest BCUT2D eigenvalue weighted by atomic mass is 16.6. The van der Waals surface area contributed by atoms with Gasteiger partial charge in [-0.3, -0.25) is 0 Å². The Labute approximate surface area is 151 Å². The lowest BCUT2D eigenvalue weighted by molar-refractivity contribution is -0.313. The quantitative estimate of drug-likeness (QED) is 0.876. The Morgan fingerprint density at radius 2 is 1.62 bits per heavy atom. The molecule has 3 rings (SSSR count). The molecule has 6 heteroatoms. The topological polar surface area (TPSA) is 89.9 Å². The van der Waals surface area contributed by atoms with Gasteiger partial charge in [-0.1, -0.05) is 48.5 Å². The molecule has 2 aromatic carbocycles. The maximum absolute atomic E-state index is 12.3. The molecular weight excluding hydrogens is 334 g/mol. The lowest BCUT2D eigenvalue weighted by atomic mass is 9.98. The average Bonchev–Trinajstić information content (AvgIpc) is 2.93. The summed E-state index contributed by atoms with van der Waals surface area (Å²) in [4.78, 5) is 24.3. The smallest absolute Gasteiger partial charge is 0.410 e. The van der Waals surface area contributed by atoms with Gasteiger partial charge < -0.3 is 24.6 Å². The van der Waals surface area contributed by atoms with E-state index in [2.05, 4.69) is 0 Å². The van der Waals surface area contributed by atoms with Gasteiger partial charge in [0.05, 0.1) is 18.1 Å². The van der Waals surface area contributed by atoms with E-state index in [0.29, 0.717) is 0 Å². The number of likely N-dealkylation sites (N-methyl/N-ethyl adjacent to an activating group) is 1. The number of nitrogens with zero attached hydrogens (tertiary/aromatic N) is 1. The zero-order chi connectivity index (χ0) is 18.8. The molecule has 0 aromatic heterocycles. The van der Waals surface area contributed by atoms with Crippen LogP contribution in [0.5, 0.6) is 0 Å². The van der Waals surface area contributed by atoms with Gasteiger partial charge in [0.1, 0.15) is 6.61 Å². The largest absolute Gasteiger partial charge is 0.548 e. The highest BCUT2D eigenvalue weighted by molar-refractivity contribution is 5.80. The molecule has 0 saturated heterocycles. The van der Waals surface area contributed by atoms with Crippen molar-refractivity contribution in [1.82, 2.24) is 4.90 Å². The van der Waals surface area contributed by atoms with Crippen molar-refractivity contribution in [3.63, 3.8) is 0 Å². The Morgan fingerprint density at radius 3 is 2.08 bits per heavy atom. The summed E-state index contributed by atoms with van der Waals surface area (Å²) in [6, 6.07) is 14.4. The summed E-state index contributed by atoms with van der Waals surface area (Å²) in [5.74, 6) is -1.65. The summed E-state index contributed by atoms with van der Waals surface area (Å²) >= 11 is 0. The van der Waals surface area contributed by atoms with Crippen molar-refractivity contribution in [2.24, 2.45) is 0 Å². The molecule has 0 saturated carbocycles. The molecule has 26 heavy (non-hydrogen) atoms. The van der Waals surface area contributed by atoms with Gasteiger partial charge in [0.2, 0.25) is 0 Å². The van der Waals surface area contributed by atoms with E-state index >= 15 is 0 Å². The molecule has 0 fully saturated rings. The van der Waals surface area contributed by atoms with Crippen molar-refractivity contribution in [1.29, 1.82) is 0 Å². The average molecular weight is 354 g/mol. The number of fused-ring (bicyclic) bond motifs is 3. The third-order valence-electron chi connectivity index (χ3n) is 4.74. The number of carbonyl (C=O) groups is 2. The van der Waals surface area contributed by atoms with Crippen LogP contribution in [0.2, 0.25) is 0 Å². The summed E-state index contributed by atoms with van der Waals surface area (Å²) < 4.78 is 5.37. The Morgan fingerprint density at radius 1 is 1.12 bits per heavy atom. The second-order valence-corrected chi connectivity index (χ2v) is 6.42. The minimum atomic E-state index is -1.53. The minimum Gasteiger partial charge on any atom is -0.548 e. The fourth-order valence-electron chi connectivity index (χ4n) is 3.49. The zero-order valence-corrected chi connectivity index (χ0v) is 14.6. The van der Waals surface area contributed by atoms with Gasteiger partial charge in [0, 0.05) is 13.0 Å². The van der Waals surface area contributed by atoms with Gasteiger partial charge in [-0.2, -0.15) is 0 Å². The minimum absolute atomic E-state index is 0.0801. The molecular formula is C20H20NO5-. The van der Waals surface area contributed by atoms with E-state index < -0.39 is 24.2 Å². The molecule has 2 aromatic rings. The Kier molecular flexibility index (Phi) is 4.95. The van der Waals surface area contributed by atoms with Gasteiger partial charge in [0.25, 0.3) is 0 Å². The van der Waals surface area contributed by atoms with Gasteiger partial charge in [-0.05, 0) is 29.2 Å². The number of rotatable bonds is 5. The van der Waals surface area contributed by atoms with Gasteiger partial charge in [-0.15, -0.1) is 0 Å². The summed E-state index contributed by atoms with van der Waals surface area (Å²) in [6.45, 7) is 1.37. The zero-order valence-electron chi connectivity index (χ0n) is 14.6. The monoisotopic (exact) mass is 354 g/mol. The van der Waals surface area contributed by atoms with Gasteiger partial charge >= 0.3 is 6.09 Å². The van der Waals surface area contributed by atoms with Crippen LogP contribution in [0.3, 0.4) is 0 Å². The van der Waals surface area contributed by atoms with Crippen LogP contribution >= 0.6 is 0 Å². The van der Waals surface area contributed by atoms with Crippen LogP contribution < -0.4 is 5.11 Å². The predicted octanol–water partition coefficient (Wildman–Crippen LogP) is 1.37. The standard InChI is InChI=1S/C20H21NO5/c1-12(22)18(19(23)24)21(2)20(25)26-11-17-15-9-5-3-7-13(15)14-8-4-6-10-16(14)17/h3-10,12,17-18,22H,11H2,1-2H3,(H,23,24)/p-1/t12-,18+/m1/s1. The second-order valence-electron chi connectivity index (χ2n) is 6.42. The van der Waals surface area contributed by atoms with E-state index in [9.17, 15) is 19.8 Å². The van der Waals surface area contributed by atoms with Crippen LogP contribution in [0.15, 0.2) is 48.5 Å². The second kappa shape index (κ2) is 7.17. The lowest BCUT2D eigenvalue weighted by Gasteiger charge is -2.30. The molecule has 1 aliphatic carbocycles. The van der Waals surface area contributed by atoms with E-state index in [-0.39, 0.29) is 12.5 Å². The molecule has 136 valence electrons.